The Hall–Kier alpha value is -1.49. The van der Waals surface area contributed by atoms with Gasteiger partial charge in [-0.25, -0.2) is 0 Å². The third-order valence-electron chi connectivity index (χ3n) is 4.63. The maximum absolute atomic E-state index is 13.4. The normalized spacial score (nSPS) is 28.2. The number of aryl methyl sites for hydroxylation is 1. The molecule has 3 aliphatic rings. The van der Waals surface area contributed by atoms with E-state index in [1.165, 1.54) is 0 Å². The molecule has 0 bridgehead atoms. The Morgan fingerprint density at radius 3 is 2.76 bits per heavy atom. The highest BCUT2D eigenvalue weighted by atomic mass is 19.4. The molecule has 1 saturated heterocycles. The molecule has 4 rings (SSSR count). The van der Waals surface area contributed by atoms with Crippen molar-refractivity contribution in [1.82, 2.24) is 4.90 Å². The molecule has 2 unspecified atom stereocenters. The van der Waals surface area contributed by atoms with Crippen molar-refractivity contribution in [1.29, 1.82) is 0 Å². The smallest absolute Gasteiger partial charge is 0.345 e. The lowest BCUT2D eigenvalue weighted by molar-refractivity contribution is -0.235. The highest BCUT2D eigenvalue weighted by Crippen LogP contribution is 2.47. The fourth-order valence-corrected chi connectivity index (χ4v) is 3.77. The molecule has 0 N–H and O–H groups in total. The third kappa shape index (κ3) is 1.98. The molecule has 1 aromatic rings. The van der Waals surface area contributed by atoms with Crippen molar-refractivity contribution < 1.29 is 17.9 Å². The molecule has 5 heteroatoms. The Labute approximate surface area is 121 Å². The number of benzene rings is 1. The van der Waals surface area contributed by atoms with Gasteiger partial charge in [-0.05, 0) is 36.8 Å². The SMILES string of the molecule is FC(F)(F)C1OC2CCCN2C2=C1CCc1ccccc12. The maximum Gasteiger partial charge on any atom is 0.418 e. The molecule has 0 aromatic heterocycles. The summed E-state index contributed by atoms with van der Waals surface area (Å²) in [6.45, 7) is 0.780. The van der Waals surface area contributed by atoms with Gasteiger partial charge in [-0.2, -0.15) is 13.2 Å². The molecule has 1 aliphatic carbocycles. The van der Waals surface area contributed by atoms with Gasteiger partial charge in [0.15, 0.2) is 6.10 Å². The summed E-state index contributed by atoms with van der Waals surface area (Å²) in [7, 11) is 0. The standard InChI is InChI=1S/C16H16F3NO/c17-16(18,19)15-12-8-7-10-4-1-2-5-11(10)14(12)20-9-3-6-13(20)21-15/h1-2,4-5,13,15H,3,6-9H2. The summed E-state index contributed by atoms with van der Waals surface area (Å²) in [5.41, 5.74) is 3.31. The zero-order valence-electron chi connectivity index (χ0n) is 11.5. The minimum Gasteiger partial charge on any atom is -0.345 e. The van der Waals surface area contributed by atoms with Crippen LogP contribution in [-0.2, 0) is 11.2 Å². The van der Waals surface area contributed by atoms with Gasteiger partial charge in [0.25, 0.3) is 0 Å². The summed E-state index contributed by atoms with van der Waals surface area (Å²) in [6, 6.07) is 7.81. The first-order valence-electron chi connectivity index (χ1n) is 7.36. The summed E-state index contributed by atoms with van der Waals surface area (Å²) in [5, 5.41) is 0. The van der Waals surface area contributed by atoms with Gasteiger partial charge in [0.1, 0.15) is 6.23 Å². The van der Waals surface area contributed by atoms with Gasteiger partial charge in [-0.3, -0.25) is 0 Å². The predicted octanol–water partition coefficient (Wildman–Crippen LogP) is 3.73. The average molecular weight is 295 g/mol. The lowest BCUT2D eigenvalue weighted by Gasteiger charge is -2.43. The fraction of sp³-hybridized carbons (Fsp3) is 0.500. The molecule has 21 heavy (non-hydrogen) atoms. The van der Waals surface area contributed by atoms with E-state index in [9.17, 15) is 13.2 Å². The second kappa shape index (κ2) is 4.50. The molecule has 2 nitrogen and oxygen atoms in total. The van der Waals surface area contributed by atoms with Gasteiger partial charge in [0, 0.05) is 17.8 Å². The topological polar surface area (TPSA) is 12.5 Å². The van der Waals surface area contributed by atoms with Crippen molar-refractivity contribution in [3.8, 4) is 0 Å². The molecular weight excluding hydrogens is 279 g/mol. The van der Waals surface area contributed by atoms with Crippen LogP contribution in [-0.4, -0.2) is 30.0 Å². The first-order valence-corrected chi connectivity index (χ1v) is 7.36. The highest BCUT2D eigenvalue weighted by molar-refractivity contribution is 5.73. The third-order valence-corrected chi connectivity index (χ3v) is 4.63. The average Bonchev–Trinajstić information content (AvgIpc) is 2.93. The first kappa shape index (κ1) is 13.2. The fourth-order valence-electron chi connectivity index (χ4n) is 3.77. The van der Waals surface area contributed by atoms with E-state index in [1.54, 1.807) is 0 Å². The molecule has 0 saturated carbocycles. The molecule has 1 aromatic carbocycles. The van der Waals surface area contributed by atoms with E-state index in [0.717, 1.165) is 29.8 Å². The lowest BCUT2D eigenvalue weighted by Crippen LogP contribution is -2.47. The van der Waals surface area contributed by atoms with Crippen molar-refractivity contribution in [2.45, 2.75) is 44.2 Å². The van der Waals surface area contributed by atoms with Crippen LogP contribution in [0.3, 0.4) is 0 Å². The van der Waals surface area contributed by atoms with E-state index in [-0.39, 0.29) is 0 Å². The number of nitrogens with zero attached hydrogens (tertiary/aromatic N) is 1. The number of alkyl halides is 3. The zero-order chi connectivity index (χ0) is 14.6. The summed E-state index contributed by atoms with van der Waals surface area (Å²) in [4.78, 5) is 2.04. The van der Waals surface area contributed by atoms with E-state index in [2.05, 4.69) is 0 Å². The van der Waals surface area contributed by atoms with Crippen molar-refractivity contribution in [3.63, 3.8) is 0 Å². The molecule has 2 atom stereocenters. The predicted molar refractivity (Wildman–Crippen MR) is 72.3 cm³/mol. The molecule has 1 fully saturated rings. The van der Waals surface area contributed by atoms with Crippen LogP contribution >= 0.6 is 0 Å². The Kier molecular flexibility index (Phi) is 2.83. The minimum atomic E-state index is -4.33. The summed E-state index contributed by atoms with van der Waals surface area (Å²) < 4.78 is 45.5. The van der Waals surface area contributed by atoms with Crippen LogP contribution in [0.4, 0.5) is 13.2 Å². The Bertz CT molecular complexity index is 608. The number of rotatable bonds is 0. The van der Waals surface area contributed by atoms with E-state index >= 15 is 0 Å². The zero-order valence-corrected chi connectivity index (χ0v) is 11.5. The van der Waals surface area contributed by atoms with Crippen molar-refractivity contribution in [3.05, 3.63) is 41.0 Å². The number of halogens is 3. The van der Waals surface area contributed by atoms with E-state index in [4.69, 9.17) is 4.74 Å². The molecule has 2 aliphatic heterocycles. The van der Waals surface area contributed by atoms with Crippen LogP contribution in [0.5, 0.6) is 0 Å². The lowest BCUT2D eigenvalue weighted by atomic mass is 9.85. The number of hydrogen-bond donors (Lipinski definition) is 0. The van der Waals surface area contributed by atoms with Crippen LogP contribution in [0.1, 0.15) is 30.4 Å². The molecule has 2 heterocycles. The highest BCUT2D eigenvalue weighted by Gasteiger charge is 2.51. The van der Waals surface area contributed by atoms with Crippen LogP contribution in [0.15, 0.2) is 29.8 Å². The molecule has 0 amide bonds. The molecule has 0 spiro atoms. The van der Waals surface area contributed by atoms with Gasteiger partial charge < -0.3 is 9.64 Å². The van der Waals surface area contributed by atoms with Gasteiger partial charge >= 0.3 is 6.18 Å². The summed E-state index contributed by atoms with van der Waals surface area (Å²) >= 11 is 0. The van der Waals surface area contributed by atoms with E-state index < -0.39 is 18.5 Å². The van der Waals surface area contributed by atoms with Gasteiger partial charge in [0.05, 0.1) is 0 Å². The minimum absolute atomic E-state index is 0.416. The Balaban J connectivity index is 1.89. The molecule has 112 valence electrons. The van der Waals surface area contributed by atoms with Crippen LogP contribution in [0, 0.1) is 0 Å². The number of ether oxygens (including phenoxy) is 1. The van der Waals surface area contributed by atoms with Crippen molar-refractivity contribution >= 4 is 5.70 Å². The van der Waals surface area contributed by atoms with Crippen LogP contribution < -0.4 is 0 Å². The Morgan fingerprint density at radius 2 is 1.95 bits per heavy atom. The number of fused-ring (bicyclic) bond motifs is 4. The maximum atomic E-state index is 13.4. The quantitative estimate of drug-likeness (QED) is 0.723. The largest absolute Gasteiger partial charge is 0.418 e. The van der Waals surface area contributed by atoms with Crippen molar-refractivity contribution in [2.24, 2.45) is 0 Å². The van der Waals surface area contributed by atoms with E-state index in [1.807, 2.05) is 29.2 Å². The van der Waals surface area contributed by atoms with E-state index in [0.29, 0.717) is 24.8 Å². The molecular formula is C16H16F3NO. The van der Waals surface area contributed by atoms with Gasteiger partial charge in [-0.1, -0.05) is 24.3 Å². The van der Waals surface area contributed by atoms with Crippen LogP contribution in [0.25, 0.3) is 5.70 Å². The second-order valence-electron chi connectivity index (χ2n) is 5.88. The van der Waals surface area contributed by atoms with Crippen LogP contribution in [0.2, 0.25) is 0 Å². The van der Waals surface area contributed by atoms with Gasteiger partial charge in [-0.15, -0.1) is 0 Å². The summed E-state index contributed by atoms with van der Waals surface area (Å²) in [6.07, 6.45) is -3.86. The second-order valence-corrected chi connectivity index (χ2v) is 5.88. The number of hydrogen-bond acceptors (Lipinski definition) is 2. The van der Waals surface area contributed by atoms with Crippen molar-refractivity contribution in [2.75, 3.05) is 6.54 Å². The Morgan fingerprint density at radius 1 is 1.14 bits per heavy atom. The van der Waals surface area contributed by atoms with Gasteiger partial charge in [0.2, 0.25) is 0 Å². The molecule has 0 radical (unpaired) electrons. The first-order chi connectivity index (χ1) is 10.1. The summed E-state index contributed by atoms with van der Waals surface area (Å²) in [5.74, 6) is 0. The monoisotopic (exact) mass is 295 g/mol.